The lowest BCUT2D eigenvalue weighted by Crippen LogP contribution is -2.48. The molecule has 1 aliphatic heterocycles. The highest BCUT2D eigenvalue weighted by molar-refractivity contribution is 5.81. The third-order valence-corrected chi connectivity index (χ3v) is 4.24. The molecule has 0 unspecified atom stereocenters. The number of carbonyl (C=O) groups excluding carboxylic acids is 1. The Labute approximate surface area is 129 Å². The fraction of sp³-hybridized carbons (Fsp3) is 0.438. The summed E-state index contributed by atoms with van der Waals surface area (Å²) >= 11 is 0. The lowest BCUT2D eigenvalue weighted by Gasteiger charge is -2.35. The van der Waals surface area contributed by atoms with Gasteiger partial charge < -0.3 is 9.80 Å². The maximum absolute atomic E-state index is 12.4. The van der Waals surface area contributed by atoms with Crippen LogP contribution in [-0.4, -0.2) is 46.5 Å². The summed E-state index contributed by atoms with van der Waals surface area (Å²) in [4.78, 5) is 32.2. The molecule has 22 heavy (non-hydrogen) atoms. The highest BCUT2D eigenvalue weighted by Gasteiger charge is 2.19. The Morgan fingerprint density at radius 2 is 1.95 bits per heavy atom. The molecule has 6 heteroatoms. The number of anilines is 1. The van der Waals surface area contributed by atoms with Crippen LogP contribution in [0.3, 0.4) is 0 Å². The van der Waals surface area contributed by atoms with Crippen molar-refractivity contribution in [2.75, 3.05) is 31.1 Å². The third kappa shape index (κ3) is 2.56. The number of fused-ring (bicyclic) bond motifs is 1. The number of aromatic nitrogens is 2. The zero-order valence-corrected chi connectivity index (χ0v) is 13.0. The van der Waals surface area contributed by atoms with Crippen molar-refractivity contribution in [3.63, 3.8) is 0 Å². The number of piperazine rings is 1. The molecule has 3 rings (SSSR count). The molecule has 1 saturated heterocycles. The van der Waals surface area contributed by atoms with E-state index in [1.807, 2.05) is 30.0 Å². The van der Waals surface area contributed by atoms with Crippen molar-refractivity contribution in [3.8, 4) is 0 Å². The van der Waals surface area contributed by atoms with Gasteiger partial charge in [0.15, 0.2) is 0 Å². The fourth-order valence-electron chi connectivity index (χ4n) is 2.85. The molecule has 0 N–H and O–H groups in total. The minimum absolute atomic E-state index is 0.00304. The van der Waals surface area contributed by atoms with E-state index in [9.17, 15) is 9.59 Å². The Hall–Kier alpha value is -2.37. The molecular weight excluding hydrogens is 280 g/mol. The first-order valence-corrected chi connectivity index (χ1v) is 7.60. The summed E-state index contributed by atoms with van der Waals surface area (Å²) in [5.41, 5.74) is 1.74. The molecule has 2 aromatic rings. The monoisotopic (exact) mass is 300 g/mol. The van der Waals surface area contributed by atoms with Crippen LogP contribution < -0.4 is 10.5 Å². The largest absolute Gasteiger partial charge is 0.368 e. The summed E-state index contributed by atoms with van der Waals surface area (Å²) in [7, 11) is 0. The van der Waals surface area contributed by atoms with Crippen molar-refractivity contribution >= 4 is 22.5 Å². The summed E-state index contributed by atoms with van der Waals surface area (Å²) in [6.07, 6.45) is 1.59. The summed E-state index contributed by atoms with van der Waals surface area (Å²) in [5, 5.41) is 0.649. The summed E-state index contributed by atoms with van der Waals surface area (Å²) in [6, 6.07) is 5.80. The molecule has 1 aromatic heterocycles. The van der Waals surface area contributed by atoms with Crippen LogP contribution in [0.4, 0.5) is 5.69 Å². The van der Waals surface area contributed by atoms with Gasteiger partial charge in [0.1, 0.15) is 0 Å². The van der Waals surface area contributed by atoms with Crippen molar-refractivity contribution in [2.24, 2.45) is 0 Å². The van der Waals surface area contributed by atoms with Gasteiger partial charge in [-0.15, -0.1) is 0 Å². The standard InChI is InChI=1S/C16H20N4O2/c1-3-18-11-17-15-5-4-13(10-14(15)16(18)22)20-8-6-19(7-9-20)12(2)21/h4-5,10-11H,3,6-9H2,1-2H3. The van der Waals surface area contributed by atoms with Gasteiger partial charge >= 0.3 is 0 Å². The molecule has 0 spiro atoms. The number of hydrogen-bond acceptors (Lipinski definition) is 4. The molecule has 0 aliphatic carbocycles. The van der Waals surface area contributed by atoms with E-state index in [4.69, 9.17) is 0 Å². The molecule has 2 heterocycles. The molecule has 1 aromatic carbocycles. The first-order valence-electron chi connectivity index (χ1n) is 7.60. The predicted molar refractivity (Wildman–Crippen MR) is 86.1 cm³/mol. The van der Waals surface area contributed by atoms with Gasteiger partial charge in [0.25, 0.3) is 5.56 Å². The number of carbonyl (C=O) groups is 1. The molecule has 0 radical (unpaired) electrons. The Balaban J connectivity index is 1.91. The van der Waals surface area contributed by atoms with E-state index in [0.717, 1.165) is 37.4 Å². The quantitative estimate of drug-likeness (QED) is 0.833. The Bertz CT molecular complexity index is 760. The van der Waals surface area contributed by atoms with Crippen LogP contribution in [0.2, 0.25) is 0 Å². The average molecular weight is 300 g/mol. The van der Waals surface area contributed by atoms with Crippen molar-refractivity contribution < 1.29 is 4.79 Å². The molecule has 1 aliphatic rings. The highest BCUT2D eigenvalue weighted by atomic mass is 16.2. The zero-order chi connectivity index (χ0) is 15.7. The first kappa shape index (κ1) is 14.6. The second kappa shape index (κ2) is 5.79. The van der Waals surface area contributed by atoms with Crippen molar-refractivity contribution in [1.29, 1.82) is 0 Å². The van der Waals surface area contributed by atoms with Gasteiger partial charge in [-0.05, 0) is 25.1 Å². The van der Waals surface area contributed by atoms with E-state index in [0.29, 0.717) is 11.9 Å². The summed E-state index contributed by atoms with van der Waals surface area (Å²) in [5.74, 6) is 0.119. The van der Waals surface area contributed by atoms with Gasteiger partial charge in [-0.1, -0.05) is 0 Å². The SMILES string of the molecule is CCn1cnc2ccc(N3CCN(C(C)=O)CC3)cc2c1=O. The normalized spacial score (nSPS) is 15.4. The summed E-state index contributed by atoms with van der Waals surface area (Å²) < 4.78 is 1.61. The van der Waals surface area contributed by atoms with E-state index in [-0.39, 0.29) is 11.5 Å². The average Bonchev–Trinajstić information content (AvgIpc) is 2.55. The third-order valence-electron chi connectivity index (χ3n) is 4.24. The van der Waals surface area contributed by atoms with Gasteiger partial charge in [-0.2, -0.15) is 0 Å². The van der Waals surface area contributed by atoms with Gasteiger partial charge in [0.2, 0.25) is 5.91 Å². The minimum Gasteiger partial charge on any atom is -0.368 e. The van der Waals surface area contributed by atoms with Crippen LogP contribution in [0.25, 0.3) is 10.9 Å². The van der Waals surface area contributed by atoms with E-state index >= 15 is 0 Å². The molecule has 0 saturated carbocycles. The van der Waals surface area contributed by atoms with Crippen molar-refractivity contribution in [2.45, 2.75) is 20.4 Å². The maximum Gasteiger partial charge on any atom is 0.261 e. The molecule has 0 bridgehead atoms. The van der Waals surface area contributed by atoms with Crippen LogP contribution in [0.5, 0.6) is 0 Å². The number of nitrogens with zero attached hydrogens (tertiary/aromatic N) is 4. The van der Waals surface area contributed by atoms with Gasteiger partial charge in [0.05, 0.1) is 17.2 Å². The lowest BCUT2D eigenvalue weighted by atomic mass is 10.2. The molecule has 6 nitrogen and oxygen atoms in total. The number of amides is 1. The van der Waals surface area contributed by atoms with E-state index in [1.165, 1.54) is 0 Å². The maximum atomic E-state index is 12.4. The van der Waals surface area contributed by atoms with Gasteiger partial charge in [0, 0.05) is 45.3 Å². The summed E-state index contributed by atoms with van der Waals surface area (Å²) in [6.45, 7) is 7.16. The number of benzene rings is 1. The fourth-order valence-corrected chi connectivity index (χ4v) is 2.85. The minimum atomic E-state index is -0.00304. The number of hydrogen-bond donors (Lipinski definition) is 0. The molecule has 116 valence electrons. The Morgan fingerprint density at radius 1 is 1.23 bits per heavy atom. The topological polar surface area (TPSA) is 58.4 Å². The van der Waals surface area contributed by atoms with Gasteiger partial charge in [-0.3, -0.25) is 14.2 Å². The van der Waals surface area contributed by atoms with Crippen LogP contribution in [0.15, 0.2) is 29.3 Å². The van der Waals surface area contributed by atoms with Crippen LogP contribution >= 0.6 is 0 Å². The Morgan fingerprint density at radius 3 is 2.59 bits per heavy atom. The first-order chi connectivity index (χ1) is 10.6. The molecule has 1 fully saturated rings. The van der Waals surface area contributed by atoms with Crippen LogP contribution in [0, 0.1) is 0 Å². The number of aryl methyl sites for hydroxylation is 1. The van der Waals surface area contributed by atoms with Crippen molar-refractivity contribution in [3.05, 3.63) is 34.9 Å². The smallest absolute Gasteiger partial charge is 0.261 e. The molecule has 1 amide bonds. The second-order valence-corrected chi connectivity index (χ2v) is 5.53. The van der Waals surface area contributed by atoms with Crippen LogP contribution in [0.1, 0.15) is 13.8 Å². The molecular formula is C16H20N4O2. The van der Waals surface area contributed by atoms with E-state index in [2.05, 4.69) is 9.88 Å². The van der Waals surface area contributed by atoms with E-state index < -0.39 is 0 Å². The van der Waals surface area contributed by atoms with Crippen molar-refractivity contribution in [1.82, 2.24) is 14.5 Å². The van der Waals surface area contributed by atoms with Crippen LogP contribution in [-0.2, 0) is 11.3 Å². The highest BCUT2D eigenvalue weighted by Crippen LogP contribution is 2.20. The molecule has 0 atom stereocenters. The lowest BCUT2D eigenvalue weighted by molar-refractivity contribution is -0.129. The second-order valence-electron chi connectivity index (χ2n) is 5.53. The predicted octanol–water partition coefficient (Wildman–Crippen LogP) is 1.08. The number of rotatable bonds is 2. The van der Waals surface area contributed by atoms with E-state index in [1.54, 1.807) is 17.8 Å². The Kier molecular flexibility index (Phi) is 3.83. The zero-order valence-electron chi connectivity index (χ0n) is 13.0. The van der Waals surface area contributed by atoms with Gasteiger partial charge in [-0.25, -0.2) is 4.98 Å².